The molecule has 1 aliphatic heterocycles. The first-order valence-corrected chi connectivity index (χ1v) is 5.81. The molecule has 0 spiro atoms. The Kier molecular flexibility index (Phi) is 2.55. The molecule has 0 radical (unpaired) electrons. The minimum atomic E-state index is 0.297. The van der Waals surface area contributed by atoms with E-state index >= 15 is 0 Å². The molecule has 0 N–H and O–H groups in total. The van der Waals surface area contributed by atoms with Crippen molar-refractivity contribution in [2.45, 2.75) is 6.10 Å². The van der Waals surface area contributed by atoms with Gasteiger partial charge < -0.3 is 9.47 Å². The van der Waals surface area contributed by atoms with Gasteiger partial charge in [-0.1, -0.05) is 4.49 Å². The van der Waals surface area contributed by atoms with Gasteiger partial charge in [0.15, 0.2) is 0 Å². The molecule has 1 aromatic heterocycles. The van der Waals surface area contributed by atoms with Gasteiger partial charge in [-0.25, -0.2) is 0 Å². The van der Waals surface area contributed by atoms with E-state index < -0.39 is 0 Å². The van der Waals surface area contributed by atoms with E-state index in [0.717, 1.165) is 22.8 Å². The van der Waals surface area contributed by atoms with E-state index in [1.165, 1.54) is 11.5 Å². The quantitative estimate of drug-likeness (QED) is 0.759. The highest BCUT2D eigenvalue weighted by atomic mass is 32.1. The average Bonchev–Trinajstić information content (AvgIpc) is 3.00. The van der Waals surface area contributed by atoms with Crippen molar-refractivity contribution in [2.75, 3.05) is 13.2 Å². The third-order valence-corrected chi connectivity index (χ3v) is 3.05. The SMILES string of the molecule is c1cc(-c2cnns2)ccc1OCC1CO1. The Morgan fingerprint density at radius 2 is 2.19 bits per heavy atom. The Morgan fingerprint density at radius 3 is 2.81 bits per heavy atom. The fraction of sp³-hybridized carbons (Fsp3) is 0.273. The molecule has 0 bridgehead atoms. The maximum Gasteiger partial charge on any atom is 0.119 e. The van der Waals surface area contributed by atoms with Crippen LogP contribution < -0.4 is 4.74 Å². The van der Waals surface area contributed by atoms with Gasteiger partial charge in [-0.2, -0.15) is 0 Å². The molecule has 1 saturated heterocycles. The number of aromatic nitrogens is 2. The molecule has 1 aromatic carbocycles. The van der Waals surface area contributed by atoms with E-state index in [1.807, 2.05) is 24.3 Å². The number of hydrogen-bond donors (Lipinski definition) is 0. The summed E-state index contributed by atoms with van der Waals surface area (Å²) in [6.45, 7) is 1.46. The van der Waals surface area contributed by atoms with Crippen molar-refractivity contribution in [3.05, 3.63) is 30.5 Å². The molecule has 0 saturated carbocycles. The fourth-order valence-corrected chi connectivity index (χ4v) is 1.88. The lowest BCUT2D eigenvalue weighted by Gasteiger charge is -2.04. The van der Waals surface area contributed by atoms with Crippen LogP contribution in [0.1, 0.15) is 0 Å². The first-order valence-electron chi connectivity index (χ1n) is 5.04. The number of epoxide rings is 1. The van der Waals surface area contributed by atoms with Gasteiger partial charge in [0.1, 0.15) is 18.5 Å². The first-order chi connectivity index (χ1) is 7.92. The molecule has 1 aliphatic rings. The standard InChI is InChI=1S/C11H10N2O2S/c1-3-9(14-6-10-7-15-10)4-2-8(1)11-5-12-13-16-11/h1-5,10H,6-7H2. The lowest BCUT2D eigenvalue weighted by molar-refractivity contribution is 0.263. The van der Waals surface area contributed by atoms with Crippen LogP contribution in [0, 0.1) is 0 Å². The summed E-state index contributed by atoms with van der Waals surface area (Å²) in [6.07, 6.45) is 2.06. The second-order valence-corrected chi connectivity index (χ2v) is 4.36. The van der Waals surface area contributed by atoms with E-state index in [-0.39, 0.29) is 0 Å². The number of ether oxygens (including phenoxy) is 2. The van der Waals surface area contributed by atoms with Crippen LogP contribution >= 0.6 is 11.5 Å². The van der Waals surface area contributed by atoms with Crippen molar-refractivity contribution >= 4 is 11.5 Å². The second-order valence-electron chi connectivity index (χ2n) is 3.57. The van der Waals surface area contributed by atoms with Crippen molar-refractivity contribution in [3.8, 4) is 16.2 Å². The van der Waals surface area contributed by atoms with Crippen molar-refractivity contribution in [3.63, 3.8) is 0 Å². The van der Waals surface area contributed by atoms with Crippen LogP contribution in [0.25, 0.3) is 10.4 Å². The minimum absolute atomic E-state index is 0.297. The monoisotopic (exact) mass is 234 g/mol. The summed E-state index contributed by atoms with van der Waals surface area (Å²) < 4.78 is 14.5. The van der Waals surface area contributed by atoms with Crippen LogP contribution in [0.5, 0.6) is 5.75 Å². The average molecular weight is 234 g/mol. The smallest absolute Gasteiger partial charge is 0.119 e. The van der Waals surface area contributed by atoms with Crippen LogP contribution in [0.15, 0.2) is 30.5 Å². The van der Waals surface area contributed by atoms with Gasteiger partial charge in [-0.3, -0.25) is 0 Å². The molecule has 2 aromatic rings. The highest BCUT2D eigenvalue weighted by Crippen LogP contribution is 2.24. The van der Waals surface area contributed by atoms with Crippen LogP contribution in [-0.4, -0.2) is 28.9 Å². The molecule has 1 fully saturated rings. The summed E-state index contributed by atoms with van der Waals surface area (Å²) in [6, 6.07) is 7.94. The first kappa shape index (κ1) is 9.74. The van der Waals surface area contributed by atoms with Crippen molar-refractivity contribution < 1.29 is 9.47 Å². The van der Waals surface area contributed by atoms with Crippen LogP contribution in [0.3, 0.4) is 0 Å². The summed E-state index contributed by atoms with van der Waals surface area (Å²) in [5.41, 5.74) is 1.12. The Hall–Kier alpha value is -1.46. The Bertz CT molecular complexity index is 451. The van der Waals surface area contributed by atoms with Crippen LogP contribution in [-0.2, 0) is 4.74 Å². The van der Waals surface area contributed by atoms with Gasteiger partial charge in [0.2, 0.25) is 0 Å². The number of rotatable bonds is 4. The minimum Gasteiger partial charge on any atom is -0.491 e. The van der Waals surface area contributed by atoms with E-state index in [9.17, 15) is 0 Å². The molecule has 1 atom stereocenters. The highest BCUT2D eigenvalue weighted by molar-refractivity contribution is 7.09. The van der Waals surface area contributed by atoms with Crippen LogP contribution in [0.4, 0.5) is 0 Å². The molecular weight excluding hydrogens is 224 g/mol. The summed E-state index contributed by atoms with van der Waals surface area (Å²) in [7, 11) is 0. The van der Waals surface area contributed by atoms with Gasteiger partial charge in [0, 0.05) is 0 Å². The topological polar surface area (TPSA) is 47.5 Å². The molecular formula is C11H10N2O2S. The maximum absolute atomic E-state index is 5.55. The van der Waals surface area contributed by atoms with Gasteiger partial charge >= 0.3 is 0 Å². The van der Waals surface area contributed by atoms with Gasteiger partial charge in [-0.15, -0.1) is 5.10 Å². The molecule has 16 heavy (non-hydrogen) atoms. The van der Waals surface area contributed by atoms with Gasteiger partial charge in [0.05, 0.1) is 17.7 Å². The number of benzene rings is 1. The Labute approximate surface area is 97.0 Å². The largest absolute Gasteiger partial charge is 0.491 e. The summed E-state index contributed by atoms with van der Waals surface area (Å²) >= 11 is 1.39. The van der Waals surface area contributed by atoms with Crippen molar-refractivity contribution in [2.24, 2.45) is 0 Å². The lowest BCUT2D eigenvalue weighted by atomic mass is 10.2. The summed E-state index contributed by atoms with van der Waals surface area (Å²) in [4.78, 5) is 1.07. The number of hydrogen-bond acceptors (Lipinski definition) is 5. The van der Waals surface area contributed by atoms with E-state index in [1.54, 1.807) is 6.20 Å². The van der Waals surface area contributed by atoms with Crippen LogP contribution in [0.2, 0.25) is 0 Å². The lowest BCUT2D eigenvalue weighted by Crippen LogP contribution is -2.03. The zero-order valence-electron chi connectivity index (χ0n) is 8.50. The molecule has 2 heterocycles. The molecule has 1 unspecified atom stereocenters. The Morgan fingerprint density at radius 1 is 1.38 bits per heavy atom. The predicted octanol–water partition coefficient (Wildman–Crippen LogP) is 1.98. The fourth-order valence-electron chi connectivity index (χ4n) is 1.36. The molecule has 0 aliphatic carbocycles. The summed E-state index contributed by atoms with van der Waals surface area (Å²) in [5, 5.41) is 3.81. The number of nitrogens with zero attached hydrogens (tertiary/aromatic N) is 2. The van der Waals surface area contributed by atoms with E-state index in [4.69, 9.17) is 9.47 Å². The van der Waals surface area contributed by atoms with E-state index in [2.05, 4.69) is 9.59 Å². The normalized spacial score (nSPS) is 18.4. The second kappa shape index (κ2) is 4.19. The zero-order chi connectivity index (χ0) is 10.8. The Balaban J connectivity index is 1.69. The van der Waals surface area contributed by atoms with Gasteiger partial charge in [0.25, 0.3) is 0 Å². The molecule has 4 nitrogen and oxygen atoms in total. The van der Waals surface area contributed by atoms with Crippen molar-refractivity contribution in [1.29, 1.82) is 0 Å². The summed E-state index contributed by atoms with van der Waals surface area (Å²) in [5.74, 6) is 0.872. The molecule has 0 amide bonds. The predicted molar refractivity (Wildman–Crippen MR) is 60.6 cm³/mol. The highest BCUT2D eigenvalue weighted by Gasteiger charge is 2.22. The van der Waals surface area contributed by atoms with Gasteiger partial charge in [-0.05, 0) is 41.4 Å². The van der Waals surface area contributed by atoms with E-state index in [0.29, 0.717) is 12.7 Å². The third kappa shape index (κ3) is 2.20. The molecule has 82 valence electrons. The molecule has 5 heteroatoms. The zero-order valence-corrected chi connectivity index (χ0v) is 9.31. The van der Waals surface area contributed by atoms with Crippen molar-refractivity contribution in [1.82, 2.24) is 9.59 Å². The maximum atomic E-state index is 5.55. The molecule has 3 rings (SSSR count). The third-order valence-electron chi connectivity index (χ3n) is 2.34.